The van der Waals surface area contributed by atoms with Gasteiger partial charge in [0.2, 0.25) is 0 Å². The molecule has 0 N–H and O–H groups in total. The Balaban J connectivity index is 2.46. The standard InChI is InChI=1S/C19H23NO3S/c1-6-23-14-9-7-13(8-10-14)11-15-18(22)20(5)17(24-15)12-16(21)19(2,3)4/h7-12H,6H2,1-5H3/b15-11-,17-12-. The van der Waals surface area contributed by atoms with Gasteiger partial charge in [-0.2, -0.15) is 0 Å². The lowest BCUT2D eigenvalue weighted by Gasteiger charge is -2.12. The van der Waals surface area contributed by atoms with Crippen molar-refractivity contribution in [3.63, 3.8) is 0 Å². The zero-order chi connectivity index (χ0) is 17.9. The zero-order valence-corrected chi connectivity index (χ0v) is 15.6. The average molecular weight is 345 g/mol. The molecule has 0 aliphatic carbocycles. The van der Waals surface area contributed by atoms with Gasteiger partial charge in [0, 0.05) is 18.5 Å². The summed E-state index contributed by atoms with van der Waals surface area (Å²) in [5, 5.41) is 0. The lowest BCUT2D eigenvalue weighted by Crippen LogP contribution is -2.30. The normalized spacial score (nSPS) is 13.4. The third-order valence-electron chi connectivity index (χ3n) is 3.54. The fourth-order valence-electron chi connectivity index (χ4n) is 2.01. The van der Waals surface area contributed by atoms with E-state index in [2.05, 4.69) is 0 Å². The predicted molar refractivity (Wildman–Crippen MR) is 98.9 cm³/mol. The molecule has 0 saturated heterocycles. The Morgan fingerprint density at radius 3 is 2.42 bits per heavy atom. The molecule has 0 spiro atoms. The van der Waals surface area contributed by atoms with Gasteiger partial charge in [-0.1, -0.05) is 32.9 Å². The van der Waals surface area contributed by atoms with E-state index >= 15 is 0 Å². The highest BCUT2D eigenvalue weighted by molar-refractivity contribution is 7.07. The maximum absolute atomic E-state index is 12.4. The Morgan fingerprint density at radius 1 is 1.25 bits per heavy atom. The van der Waals surface area contributed by atoms with Crippen LogP contribution in [0.5, 0.6) is 5.75 Å². The summed E-state index contributed by atoms with van der Waals surface area (Å²) in [5.41, 5.74) is 0.367. The summed E-state index contributed by atoms with van der Waals surface area (Å²) in [6.07, 6.45) is 3.39. The van der Waals surface area contributed by atoms with Crippen molar-refractivity contribution >= 4 is 29.3 Å². The van der Waals surface area contributed by atoms with Gasteiger partial charge in [0.1, 0.15) is 10.4 Å². The first-order valence-electron chi connectivity index (χ1n) is 7.89. The van der Waals surface area contributed by atoms with Gasteiger partial charge in [0.25, 0.3) is 5.56 Å². The van der Waals surface area contributed by atoms with Crippen molar-refractivity contribution in [2.45, 2.75) is 27.7 Å². The minimum Gasteiger partial charge on any atom is -0.494 e. The molecule has 1 aromatic carbocycles. The van der Waals surface area contributed by atoms with Crippen LogP contribution in [0.25, 0.3) is 12.2 Å². The van der Waals surface area contributed by atoms with Crippen molar-refractivity contribution in [1.82, 2.24) is 4.57 Å². The van der Waals surface area contributed by atoms with Gasteiger partial charge in [-0.15, -0.1) is 11.3 Å². The number of thiazole rings is 1. The predicted octanol–water partition coefficient (Wildman–Crippen LogP) is 2.07. The van der Waals surface area contributed by atoms with Crippen LogP contribution in [-0.2, 0) is 11.8 Å². The smallest absolute Gasteiger partial charge is 0.268 e. The van der Waals surface area contributed by atoms with Crippen molar-refractivity contribution in [1.29, 1.82) is 0 Å². The van der Waals surface area contributed by atoms with Gasteiger partial charge < -0.3 is 9.30 Å². The average Bonchev–Trinajstić information content (AvgIpc) is 2.77. The van der Waals surface area contributed by atoms with E-state index in [9.17, 15) is 9.59 Å². The molecular formula is C19H23NO3S. The van der Waals surface area contributed by atoms with E-state index in [1.54, 1.807) is 13.1 Å². The summed E-state index contributed by atoms with van der Waals surface area (Å²) in [5.74, 6) is 0.811. The number of benzene rings is 1. The maximum Gasteiger partial charge on any atom is 0.268 e. The molecule has 0 atom stereocenters. The summed E-state index contributed by atoms with van der Waals surface area (Å²) in [6.45, 7) is 8.15. The Kier molecular flexibility index (Phi) is 5.44. The number of hydrogen-bond acceptors (Lipinski definition) is 4. The summed E-state index contributed by atoms with van der Waals surface area (Å²) >= 11 is 1.33. The number of carbonyl (C=O) groups excluding carboxylic acids is 1. The fourth-order valence-corrected chi connectivity index (χ4v) is 3.04. The van der Waals surface area contributed by atoms with Crippen LogP contribution in [-0.4, -0.2) is 17.0 Å². The molecule has 128 valence electrons. The molecule has 4 nitrogen and oxygen atoms in total. The third-order valence-corrected chi connectivity index (χ3v) is 4.66. The summed E-state index contributed by atoms with van der Waals surface area (Å²) in [4.78, 5) is 24.6. The van der Waals surface area contributed by atoms with Crippen molar-refractivity contribution < 1.29 is 9.53 Å². The number of nitrogens with zero attached hydrogens (tertiary/aromatic N) is 1. The highest BCUT2D eigenvalue weighted by Gasteiger charge is 2.19. The number of ether oxygens (including phenoxy) is 1. The molecule has 1 aromatic heterocycles. The Bertz CT molecular complexity index is 896. The lowest BCUT2D eigenvalue weighted by atomic mass is 9.91. The molecular weight excluding hydrogens is 322 g/mol. The zero-order valence-electron chi connectivity index (χ0n) is 14.8. The second-order valence-corrected chi connectivity index (χ2v) is 7.64. The van der Waals surface area contributed by atoms with Gasteiger partial charge >= 0.3 is 0 Å². The first-order chi connectivity index (χ1) is 11.2. The molecule has 5 heteroatoms. The monoisotopic (exact) mass is 345 g/mol. The first-order valence-corrected chi connectivity index (χ1v) is 8.70. The first kappa shape index (κ1) is 18.2. The highest BCUT2D eigenvalue weighted by Crippen LogP contribution is 2.15. The number of carbonyl (C=O) groups is 1. The van der Waals surface area contributed by atoms with Crippen molar-refractivity contribution in [3.05, 3.63) is 49.4 Å². The molecule has 2 aromatic rings. The Labute approximate surface area is 145 Å². The Hall–Kier alpha value is -2.14. The molecule has 0 aliphatic heterocycles. The van der Waals surface area contributed by atoms with Gasteiger partial charge in [-0.3, -0.25) is 9.59 Å². The van der Waals surface area contributed by atoms with E-state index < -0.39 is 5.41 Å². The molecule has 2 rings (SSSR count). The van der Waals surface area contributed by atoms with Gasteiger partial charge in [0.05, 0.1) is 11.1 Å². The quantitative estimate of drug-likeness (QED) is 0.852. The van der Waals surface area contributed by atoms with Crippen LogP contribution in [0, 0.1) is 5.41 Å². The van der Waals surface area contributed by atoms with Crippen LogP contribution in [0.3, 0.4) is 0 Å². The summed E-state index contributed by atoms with van der Waals surface area (Å²) < 4.78 is 8.21. The summed E-state index contributed by atoms with van der Waals surface area (Å²) in [7, 11) is 1.69. The number of aromatic nitrogens is 1. The summed E-state index contributed by atoms with van der Waals surface area (Å²) in [6, 6.07) is 7.58. The minimum absolute atomic E-state index is 0.00645. The van der Waals surface area contributed by atoms with Crippen LogP contribution < -0.4 is 19.5 Å². The molecule has 0 unspecified atom stereocenters. The molecule has 0 radical (unpaired) electrons. The third kappa shape index (κ3) is 4.23. The second kappa shape index (κ2) is 7.18. The van der Waals surface area contributed by atoms with Crippen LogP contribution in [0.4, 0.5) is 0 Å². The molecule has 24 heavy (non-hydrogen) atoms. The number of Topliss-reactive ketones (excluding diaryl/α,β-unsaturated/α-hetero) is 1. The van der Waals surface area contributed by atoms with E-state index in [1.807, 2.05) is 58.0 Å². The fraction of sp³-hybridized carbons (Fsp3) is 0.368. The Morgan fingerprint density at radius 2 is 1.88 bits per heavy atom. The second-order valence-electron chi connectivity index (χ2n) is 6.57. The molecule has 0 saturated carbocycles. The van der Waals surface area contributed by atoms with Crippen molar-refractivity contribution in [2.75, 3.05) is 6.61 Å². The lowest BCUT2D eigenvalue weighted by molar-refractivity contribution is -0.120. The number of hydrogen-bond donors (Lipinski definition) is 0. The SMILES string of the molecule is CCOc1ccc(/C=c2\s/c(=C\C(=O)C(C)(C)C)n(C)c2=O)cc1. The topological polar surface area (TPSA) is 48.3 Å². The molecule has 0 fully saturated rings. The molecule has 1 heterocycles. The van der Waals surface area contributed by atoms with Crippen LogP contribution in [0.2, 0.25) is 0 Å². The minimum atomic E-state index is -0.459. The van der Waals surface area contributed by atoms with Crippen LogP contribution >= 0.6 is 11.3 Å². The highest BCUT2D eigenvalue weighted by atomic mass is 32.1. The maximum atomic E-state index is 12.4. The van der Waals surface area contributed by atoms with E-state index in [0.29, 0.717) is 15.8 Å². The van der Waals surface area contributed by atoms with Crippen LogP contribution in [0.1, 0.15) is 33.3 Å². The van der Waals surface area contributed by atoms with Gasteiger partial charge in [0.15, 0.2) is 5.78 Å². The van der Waals surface area contributed by atoms with Crippen molar-refractivity contribution in [3.8, 4) is 5.75 Å². The molecule has 0 amide bonds. The van der Waals surface area contributed by atoms with E-state index in [0.717, 1.165) is 11.3 Å². The van der Waals surface area contributed by atoms with Gasteiger partial charge in [-0.05, 0) is 30.7 Å². The number of ketones is 1. The van der Waals surface area contributed by atoms with Crippen molar-refractivity contribution in [2.24, 2.45) is 12.5 Å². The molecule has 0 bridgehead atoms. The largest absolute Gasteiger partial charge is 0.494 e. The molecule has 0 aliphatic rings. The van der Waals surface area contributed by atoms with Crippen LogP contribution in [0.15, 0.2) is 29.1 Å². The van der Waals surface area contributed by atoms with Gasteiger partial charge in [-0.25, -0.2) is 0 Å². The van der Waals surface area contributed by atoms with E-state index in [-0.39, 0.29) is 11.3 Å². The number of rotatable bonds is 4. The van der Waals surface area contributed by atoms with E-state index in [4.69, 9.17) is 4.74 Å². The van der Waals surface area contributed by atoms with E-state index in [1.165, 1.54) is 15.9 Å².